The van der Waals surface area contributed by atoms with Gasteiger partial charge in [-0.15, -0.1) is 0 Å². The van der Waals surface area contributed by atoms with Crippen LogP contribution in [-0.4, -0.2) is 66.3 Å². The summed E-state index contributed by atoms with van der Waals surface area (Å²) in [5.41, 5.74) is 1.58. The summed E-state index contributed by atoms with van der Waals surface area (Å²) in [4.78, 5) is 7.89. The van der Waals surface area contributed by atoms with Crippen molar-refractivity contribution in [3.63, 3.8) is 0 Å². The zero-order valence-electron chi connectivity index (χ0n) is 22.5. The molecule has 4 aromatic rings. The zero-order valence-corrected chi connectivity index (χ0v) is 29.7. The number of aromatic amines is 1. The van der Waals surface area contributed by atoms with Crippen LogP contribution >= 0.6 is 48.8 Å². The predicted octanol–water partition coefficient (Wildman–Crippen LogP) is 1.91. The van der Waals surface area contributed by atoms with E-state index >= 15 is 0 Å². The zero-order chi connectivity index (χ0) is 29.4. The normalized spacial score (nSPS) is 15.6. The van der Waals surface area contributed by atoms with Crippen LogP contribution in [0.5, 0.6) is 0 Å². The van der Waals surface area contributed by atoms with Crippen molar-refractivity contribution in [1.82, 2.24) is 40.6 Å². The third kappa shape index (κ3) is 16.5. The molecule has 1 saturated carbocycles. The van der Waals surface area contributed by atoms with Crippen molar-refractivity contribution >= 4 is 48.8 Å². The van der Waals surface area contributed by atoms with Crippen LogP contribution in [0.3, 0.4) is 0 Å². The van der Waals surface area contributed by atoms with Crippen LogP contribution in [0.25, 0.3) is 5.82 Å². The number of nitrogens with one attached hydrogen (secondary N) is 3. The van der Waals surface area contributed by atoms with Crippen LogP contribution in [0.15, 0.2) is 73.6 Å². The van der Waals surface area contributed by atoms with Gasteiger partial charge >= 0.3 is 50.5 Å². The van der Waals surface area contributed by atoms with Crippen molar-refractivity contribution < 1.29 is 23.5 Å². The Morgan fingerprint density at radius 1 is 0.950 bits per heavy atom. The van der Waals surface area contributed by atoms with E-state index in [9.17, 15) is 0 Å². The number of H-pyrrole nitrogens is 1. The van der Waals surface area contributed by atoms with Gasteiger partial charge in [-0.2, -0.15) is 10.2 Å². The Morgan fingerprint density at radius 2 is 1.55 bits per heavy atom. The Bertz CT molecular complexity index is 1050. The molecule has 0 spiro atoms. The fraction of sp³-hybridized carbons (Fsp3) is 0.385. The fourth-order valence-corrected chi connectivity index (χ4v) is 3.70. The van der Waals surface area contributed by atoms with E-state index in [1.54, 1.807) is 47.8 Å². The minimum absolute atomic E-state index is 0.0180. The summed E-state index contributed by atoms with van der Waals surface area (Å²) in [6.07, 6.45) is 15.6. The molecule has 0 saturated heterocycles. The van der Waals surface area contributed by atoms with Gasteiger partial charge < -0.3 is 20.8 Å². The summed E-state index contributed by atoms with van der Waals surface area (Å²) in [5, 5.41) is 34.7. The van der Waals surface area contributed by atoms with E-state index in [1.165, 1.54) is 25.7 Å². The van der Waals surface area contributed by atoms with E-state index in [4.69, 9.17) is 21.8 Å². The van der Waals surface area contributed by atoms with Crippen molar-refractivity contribution in [3.8, 4) is 5.82 Å². The molecule has 0 bridgehead atoms. The molecule has 4 heterocycles. The Morgan fingerprint density at radius 3 is 1.90 bits per heavy atom. The number of pyridine rings is 2. The van der Waals surface area contributed by atoms with Gasteiger partial charge in [-0.05, 0) is 62.3 Å². The second-order valence-electron chi connectivity index (χ2n) is 8.18. The number of nitrogens with zero attached hydrogens (tertiary/aromatic N) is 5. The number of aliphatic hydroxyl groups is 2. The summed E-state index contributed by atoms with van der Waals surface area (Å²) >= 11 is 10.8. The first-order chi connectivity index (χ1) is 19.5. The number of halogens is 4. The summed E-state index contributed by atoms with van der Waals surface area (Å²) in [6.45, 7) is 0.0383. The van der Waals surface area contributed by atoms with Crippen LogP contribution < -0.4 is 23.9 Å². The van der Waals surface area contributed by atoms with E-state index in [0.717, 1.165) is 16.9 Å². The van der Waals surface area contributed by atoms with Crippen LogP contribution in [0, 0.1) is 0 Å². The van der Waals surface area contributed by atoms with Crippen LogP contribution in [0.4, 0.5) is 0 Å². The third-order valence-corrected chi connectivity index (χ3v) is 5.84. The molecule has 1 aliphatic carbocycles. The Hall–Kier alpha value is -0.960. The third-order valence-electron chi connectivity index (χ3n) is 5.62. The van der Waals surface area contributed by atoms with Gasteiger partial charge in [0.1, 0.15) is 5.15 Å². The van der Waals surface area contributed by atoms with Gasteiger partial charge in [0, 0.05) is 49.3 Å². The standard InChI is InChI=1S/C9H9N3O.C8H18N2.C6H6ClNO.C3H4N2.I3/c13-7-8-2-3-9(10-6-8)12-5-1-4-11-12;1-9-7-5-3-4-6-8(7)10-2;7-6-2-1-5(4-9)3-8-6;1-2-4-5-3-1;1-3-2/h1-6,13H,7H2;7-10H,3-6H2,1-2H3;1-3,9H,4H2;1-3H,(H,4,5);/q;;;;-1/t;7-,8-;;;/m.0.../s1. The molecular formula is C26H37ClI3N8O2-. The molecule has 1 fully saturated rings. The van der Waals surface area contributed by atoms with Crippen molar-refractivity contribution in [2.24, 2.45) is 0 Å². The quantitative estimate of drug-likeness (QED) is 0.152. The summed E-state index contributed by atoms with van der Waals surface area (Å²) < 4.78 is 1.67. The Kier molecular flexibility index (Phi) is 22.8. The summed E-state index contributed by atoms with van der Waals surface area (Å²) in [5.74, 6) is 0.752. The van der Waals surface area contributed by atoms with Crippen molar-refractivity contribution in [2.75, 3.05) is 14.1 Å². The maximum Gasteiger partial charge on any atom is 0.153 e. The van der Waals surface area contributed by atoms with Crippen molar-refractivity contribution in [1.29, 1.82) is 0 Å². The smallest absolute Gasteiger partial charge is 0.153 e. The van der Waals surface area contributed by atoms with Gasteiger partial charge in [-0.1, -0.05) is 36.6 Å². The molecule has 0 aliphatic heterocycles. The maximum absolute atomic E-state index is 8.80. The van der Waals surface area contributed by atoms with E-state index in [2.05, 4.69) is 87.2 Å². The van der Waals surface area contributed by atoms with Gasteiger partial charge in [-0.3, -0.25) is 5.10 Å². The molecule has 14 heteroatoms. The van der Waals surface area contributed by atoms with E-state index < -0.39 is 0 Å². The molecule has 10 nitrogen and oxygen atoms in total. The van der Waals surface area contributed by atoms with Crippen molar-refractivity contribution in [2.45, 2.75) is 51.0 Å². The van der Waals surface area contributed by atoms with Gasteiger partial charge in [0.15, 0.2) is 5.82 Å². The number of rotatable bonds is 5. The van der Waals surface area contributed by atoms with E-state index in [0.29, 0.717) is 30.5 Å². The molecular weight excluding hydrogens is 873 g/mol. The predicted molar refractivity (Wildman–Crippen MR) is 173 cm³/mol. The Balaban J connectivity index is 0.000000268. The molecule has 0 radical (unpaired) electrons. The second-order valence-corrected chi connectivity index (χ2v) is 24.8. The Labute approximate surface area is 271 Å². The first kappa shape index (κ1) is 37.1. The topological polar surface area (TPSA) is 137 Å². The number of aromatic nitrogens is 6. The van der Waals surface area contributed by atoms with Gasteiger partial charge in [-0.25, -0.2) is 14.6 Å². The molecule has 222 valence electrons. The van der Waals surface area contributed by atoms with Gasteiger partial charge in [0.25, 0.3) is 0 Å². The maximum atomic E-state index is 8.80. The number of hydrogen-bond acceptors (Lipinski definition) is 8. The van der Waals surface area contributed by atoms with Crippen LogP contribution in [0.2, 0.25) is 5.15 Å². The number of aliphatic hydroxyl groups excluding tert-OH is 2. The SMILES string of the molecule is CN[C@H]1CCCC[C@@H]1NC.I[I-]I.OCc1ccc(-n2cccn2)nc1.OCc1ccc(Cl)nc1.c1cn[nH]c1. The van der Waals surface area contributed by atoms with Gasteiger partial charge in [0.2, 0.25) is 0 Å². The molecule has 5 rings (SSSR count). The average Bonchev–Trinajstić information content (AvgIpc) is 3.77. The first-order valence-electron chi connectivity index (χ1n) is 12.4. The molecule has 1 aliphatic rings. The molecule has 2 atom stereocenters. The van der Waals surface area contributed by atoms with Crippen LogP contribution in [0.1, 0.15) is 36.8 Å². The minimum atomic E-state index is 0.0180. The minimum Gasteiger partial charge on any atom is -0.392 e. The van der Waals surface area contributed by atoms with Crippen LogP contribution in [-0.2, 0) is 13.2 Å². The number of hydrogen-bond donors (Lipinski definition) is 5. The van der Waals surface area contributed by atoms with Gasteiger partial charge in [0.05, 0.1) is 13.2 Å². The molecule has 0 aromatic carbocycles. The first-order valence-corrected chi connectivity index (χ1v) is 25.4. The summed E-state index contributed by atoms with van der Waals surface area (Å²) in [7, 11) is 4.11. The molecule has 0 unspecified atom stereocenters. The monoisotopic (exact) mass is 909 g/mol. The van der Waals surface area contributed by atoms with E-state index in [1.807, 2.05) is 30.5 Å². The summed E-state index contributed by atoms with van der Waals surface area (Å²) in [6, 6.07) is 12.1. The largest absolute Gasteiger partial charge is 0.392 e. The molecule has 40 heavy (non-hydrogen) atoms. The second kappa shape index (κ2) is 24.6. The fourth-order valence-electron chi connectivity index (χ4n) is 3.59. The van der Waals surface area contributed by atoms with E-state index in [-0.39, 0.29) is 13.2 Å². The molecule has 0 amide bonds. The van der Waals surface area contributed by atoms with Crippen molar-refractivity contribution in [3.05, 3.63) is 89.9 Å². The molecule has 5 N–H and O–H groups in total. The number of likely N-dealkylation sites (N-methyl/N-ethyl adjacent to an activating group) is 2. The molecule has 4 aromatic heterocycles. The average molecular weight is 910 g/mol.